The minimum Gasteiger partial charge on any atom is -0.279 e. The van der Waals surface area contributed by atoms with Crippen LogP contribution in [0.1, 0.15) is 15.9 Å². The van der Waals surface area contributed by atoms with Crippen LogP contribution >= 0.6 is 34.4 Å². The number of thioether (sulfide) groups is 1. The topological polar surface area (TPSA) is 59.0 Å². The number of rotatable bonds is 5. The van der Waals surface area contributed by atoms with Crippen molar-refractivity contribution in [1.82, 2.24) is 15.0 Å². The molecule has 0 saturated heterocycles. The number of thiazole rings is 2. The molecular weight excluding hydrogens is 432 g/mol. The SMILES string of the molecule is CSc1ccc2nc(N(Cc3cccnc3)C(=O)c3ccc4ncsc4c3)sc2c1. The summed E-state index contributed by atoms with van der Waals surface area (Å²) in [4.78, 5) is 29.8. The maximum Gasteiger partial charge on any atom is 0.260 e. The van der Waals surface area contributed by atoms with Crippen LogP contribution in [0.25, 0.3) is 20.4 Å². The minimum absolute atomic E-state index is 0.0849. The van der Waals surface area contributed by atoms with Crippen molar-refractivity contribution in [2.75, 3.05) is 11.2 Å². The number of carbonyl (C=O) groups excluding carboxylic acids is 1. The van der Waals surface area contributed by atoms with Gasteiger partial charge < -0.3 is 0 Å². The highest BCUT2D eigenvalue weighted by Gasteiger charge is 2.22. The van der Waals surface area contributed by atoms with Gasteiger partial charge in [0, 0.05) is 22.9 Å². The number of fused-ring (bicyclic) bond motifs is 2. The Labute approximate surface area is 185 Å². The highest BCUT2D eigenvalue weighted by molar-refractivity contribution is 7.98. The Bertz CT molecular complexity index is 1350. The summed E-state index contributed by atoms with van der Waals surface area (Å²) in [5.41, 5.74) is 5.17. The monoisotopic (exact) mass is 448 g/mol. The Morgan fingerprint density at radius 2 is 2.00 bits per heavy atom. The second-order valence-corrected chi connectivity index (χ2v) is 9.39. The summed E-state index contributed by atoms with van der Waals surface area (Å²) in [6.07, 6.45) is 5.57. The van der Waals surface area contributed by atoms with E-state index in [9.17, 15) is 4.79 Å². The van der Waals surface area contributed by atoms with Gasteiger partial charge in [0.1, 0.15) is 0 Å². The Kier molecular flexibility index (Phi) is 5.20. The minimum atomic E-state index is -0.0849. The molecule has 0 spiro atoms. The van der Waals surface area contributed by atoms with Crippen LogP contribution in [0, 0.1) is 0 Å². The summed E-state index contributed by atoms with van der Waals surface area (Å²) in [7, 11) is 0. The van der Waals surface area contributed by atoms with E-state index in [1.807, 2.05) is 36.4 Å². The summed E-state index contributed by atoms with van der Waals surface area (Å²) >= 11 is 4.76. The number of carbonyl (C=O) groups is 1. The first kappa shape index (κ1) is 19.2. The predicted molar refractivity (Wildman–Crippen MR) is 126 cm³/mol. The van der Waals surface area contributed by atoms with Crippen molar-refractivity contribution in [3.8, 4) is 0 Å². The van der Waals surface area contributed by atoms with Crippen molar-refractivity contribution in [3.05, 3.63) is 77.6 Å². The summed E-state index contributed by atoms with van der Waals surface area (Å²) < 4.78 is 2.06. The zero-order chi connectivity index (χ0) is 20.5. The van der Waals surface area contributed by atoms with Crippen LogP contribution in [0.15, 0.2) is 71.3 Å². The van der Waals surface area contributed by atoms with Crippen LogP contribution < -0.4 is 4.90 Å². The van der Waals surface area contributed by atoms with Gasteiger partial charge in [-0.15, -0.1) is 23.1 Å². The van der Waals surface area contributed by atoms with Crippen molar-refractivity contribution >= 4 is 65.9 Å². The third kappa shape index (κ3) is 3.69. The Balaban J connectivity index is 1.58. The van der Waals surface area contributed by atoms with Crippen molar-refractivity contribution in [2.24, 2.45) is 0 Å². The molecule has 0 aliphatic rings. The predicted octanol–water partition coefficient (Wildman–Crippen LogP) is 5.87. The van der Waals surface area contributed by atoms with E-state index in [1.54, 1.807) is 34.6 Å². The average Bonchev–Trinajstić information content (AvgIpc) is 3.43. The van der Waals surface area contributed by atoms with Gasteiger partial charge in [0.2, 0.25) is 0 Å². The zero-order valence-corrected chi connectivity index (χ0v) is 18.4. The zero-order valence-electron chi connectivity index (χ0n) is 16.0. The van der Waals surface area contributed by atoms with Gasteiger partial charge in [-0.2, -0.15) is 0 Å². The first-order chi connectivity index (χ1) is 14.7. The molecule has 0 saturated carbocycles. The van der Waals surface area contributed by atoms with Gasteiger partial charge in [0.15, 0.2) is 5.13 Å². The summed E-state index contributed by atoms with van der Waals surface area (Å²) in [5, 5.41) is 0.682. The van der Waals surface area contributed by atoms with Crippen molar-refractivity contribution in [2.45, 2.75) is 11.4 Å². The number of hydrogen-bond donors (Lipinski definition) is 0. The molecular formula is C22H16N4OS3. The summed E-state index contributed by atoms with van der Waals surface area (Å²) in [5.74, 6) is -0.0849. The second-order valence-electron chi connectivity index (χ2n) is 6.62. The Morgan fingerprint density at radius 3 is 2.83 bits per heavy atom. The van der Waals surface area contributed by atoms with Gasteiger partial charge in [0.25, 0.3) is 5.91 Å². The molecule has 8 heteroatoms. The fourth-order valence-electron chi connectivity index (χ4n) is 3.18. The highest BCUT2D eigenvalue weighted by Crippen LogP contribution is 2.33. The molecule has 5 nitrogen and oxygen atoms in total. The first-order valence-electron chi connectivity index (χ1n) is 9.20. The third-order valence-electron chi connectivity index (χ3n) is 4.70. The normalized spacial score (nSPS) is 11.2. The lowest BCUT2D eigenvalue weighted by Gasteiger charge is -2.20. The Hall–Kier alpha value is -2.81. The van der Waals surface area contributed by atoms with Crippen LogP contribution in [-0.4, -0.2) is 27.1 Å². The third-order valence-corrected chi connectivity index (χ3v) is 7.26. The highest BCUT2D eigenvalue weighted by atomic mass is 32.2. The van der Waals surface area contributed by atoms with E-state index in [0.717, 1.165) is 26.0 Å². The molecule has 0 N–H and O–H groups in total. The fraction of sp³-hybridized carbons (Fsp3) is 0.0909. The largest absolute Gasteiger partial charge is 0.279 e. The number of pyridine rings is 1. The van der Waals surface area contributed by atoms with Crippen LogP contribution in [0.2, 0.25) is 0 Å². The number of hydrogen-bond acceptors (Lipinski definition) is 7. The second kappa shape index (κ2) is 8.14. The van der Waals surface area contributed by atoms with E-state index in [-0.39, 0.29) is 5.91 Å². The van der Waals surface area contributed by atoms with E-state index in [1.165, 1.54) is 27.6 Å². The molecule has 0 bridgehead atoms. The number of nitrogens with zero attached hydrogens (tertiary/aromatic N) is 4. The van der Waals surface area contributed by atoms with Crippen LogP contribution in [-0.2, 0) is 6.54 Å². The number of anilines is 1. The molecule has 2 aromatic carbocycles. The van der Waals surface area contributed by atoms with Crippen molar-refractivity contribution in [3.63, 3.8) is 0 Å². The molecule has 0 aliphatic carbocycles. The number of amides is 1. The summed E-state index contributed by atoms with van der Waals surface area (Å²) in [6, 6.07) is 15.7. The number of benzene rings is 2. The molecule has 3 aromatic heterocycles. The maximum atomic E-state index is 13.6. The molecule has 0 radical (unpaired) electrons. The van der Waals surface area contributed by atoms with Gasteiger partial charge in [-0.3, -0.25) is 14.7 Å². The molecule has 148 valence electrons. The van der Waals surface area contributed by atoms with Crippen LogP contribution in [0.5, 0.6) is 0 Å². The lowest BCUT2D eigenvalue weighted by Crippen LogP contribution is -2.30. The van der Waals surface area contributed by atoms with Gasteiger partial charge in [-0.25, -0.2) is 9.97 Å². The molecule has 1 amide bonds. The van der Waals surface area contributed by atoms with E-state index in [0.29, 0.717) is 17.2 Å². The van der Waals surface area contributed by atoms with Crippen LogP contribution in [0.4, 0.5) is 5.13 Å². The van der Waals surface area contributed by atoms with Gasteiger partial charge >= 0.3 is 0 Å². The lowest BCUT2D eigenvalue weighted by molar-refractivity contribution is 0.0985. The van der Waals surface area contributed by atoms with Crippen molar-refractivity contribution < 1.29 is 4.79 Å². The lowest BCUT2D eigenvalue weighted by atomic mass is 10.1. The van der Waals surface area contributed by atoms with Gasteiger partial charge in [-0.1, -0.05) is 17.4 Å². The standard InChI is InChI=1S/C22H16N4OS3/c1-28-16-5-7-18-20(10-16)30-22(25-18)26(12-14-3-2-8-23-11-14)21(27)15-4-6-17-19(9-15)29-13-24-17/h2-11,13H,12H2,1H3. The molecule has 3 heterocycles. The summed E-state index contributed by atoms with van der Waals surface area (Å²) in [6.45, 7) is 0.405. The molecule has 30 heavy (non-hydrogen) atoms. The molecule has 0 unspecified atom stereocenters. The maximum absolute atomic E-state index is 13.6. The average molecular weight is 449 g/mol. The number of aromatic nitrogens is 3. The molecule has 0 fully saturated rings. The van der Waals surface area contributed by atoms with Crippen LogP contribution in [0.3, 0.4) is 0 Å². The van der Waals surface area contributed by atoms with Gasteiger partial charge in [0.05, 0.1) is 32.5 Å². The molecule has 5 aromatic rings. The van der Waals surface area contributed by atoms with E-state index in [4.69, 9.17) is 4.98 Å². The smallest absolute Gasteiger partial charge is 0.260 e. The Morgan fingerprint density at radius 1 is 1.10 bits per heavy atom. The molecule has 5 rings (SSSR count). The molecule has 0 aliphatic heterocycles. The molecule has 0 atom stereocenters. The first-order valence-corrected chi connectivity index (χ1v) is 12.1. The van der Waals surface area contributed by atoms with Crippen molar-refractivity contribution in [1.29, 1.82) is 0 Å². The van der Waals surface area contributed by atoms with E-state index < -0.39 is 0 Å². The fourth-order valence-corrected chi connectivity index (χ4v) is 5.41. The van der Waals surface area contributed by atoms with E-state index >= 15 is 0 Å². The quantitative estimate of drug-likeness (QED) is 0.315. The van der Waals surface area contributed by atoms with Gasteiger partial charge in [-0.05, 0) is 54.3 Å². The van der Waals surface area contributed by atoms with E-state index in [2.05, 4.69) is 28.4 Å².